The second-order valence-electron chi connectivity index (χ2n) is 5.17. The first-order valence-electron chi connectivity index (χ1n) is 6.10. The number of aromatic nitrogens is 2. The molecule has 96 valence electrons. The molecule has 17 heavy (non-hydrogen) atoms. The van der Waals surface area contributed by atoms with Gasteiger partial charge in [-0.05, 0) is 24.7 Å². The third-order valence-corrected chi connectivity index (χ3v) is 2.46. The van der Waals surface area contributed by atoms with Gasteiger partial charge in [0.1, 0.15) is 12.8 Å². The van der Waals surface area contributed by atoms with Crippen LogP contribution < -0.4 is 10.4 Å². The van der Waals surface area contributed by atoms with Crippen molar-refractivity contribution < 1.29 is 4.84 Å². The van der Waals surface area contributed by atoms with Gasteiger partial charge in [-0.15, -0.1) is 4.73 Å². The van der Waals surface area contributed by atoms with E-state index in [-0.39, 0.29) is 5.56 Å². The molecule has 0 saturated heterocycles. The van der Waals surface area contributed by atoms with Gasteiger partial charge in [0.2, 0.25) is 0 Å². The minimum atomic E-state index is -0.126. The Morgan fingerprint density at radius 2 is 1.82 bits per heavy atom. The maximum atomic E-state index is 12.1. The third-order valence-electron chi connectivity index (χ3n) is 2.46. The van der Waals surface area contributed by atoms with Gasteiger partial charge in [0.25, 0.3) is 0 Å². The van der Waals surface area contributed by atoms with Gasteiger partial charge in [-0.1, -0.05) is 27.7 Å². The molecule has 0 radical (unpaired) electrons. The Labute approximate surface area is 103 Å². The van der Waals surface area contributed by atoms with Crippen LogP contribution in [0.25, 0.3) is 0 Å². The minimum absolute atomic E-state index is 0.126. The molecular weight excluding hydrogens is 216 g/mol. The summed E-state index contributed by atoms with van der Waals surface area (Å²) < 4.78 is 1.37. The number of hydrogen-bond acceptors (Lipinski definition) is 3. The van der Waals surface area contributed by atoms with Gasteiger partial charge in [0.15, 0.2) is 0 Å². The highest BCUT2D eigenvalue weighted by Gasteiger charge is 2.12. The fourth-order valence-corrected chi connectivity index (χ4v) is 1.79. The van der Waals surface area contributed by atoms with Gasteiger partial charge >= 0.3 is 5.56 Å². The average molecular weight is 238 g/mol. The molecule has 0 N–H and O–H groups in total. The molecule has 0 aromatic carbocycles. The molecule has 0 amide bonds. The van der Waals surface area contributed by atoms with Crippen molar-refractivity contribution in [2.75, 3.05) is 7.11 Å². The summed E-state index contributed by atoms with van der Waals surface area (Å²) in [6.45, 7) is 8.35. The molecular formula is C13H22N2O2. The molecule has 0 aliphatic heterocycles. The molecule has 1 aromatic rings. The van der Waals surface area contributed by atoms with Crippen LogP contribution in [0.15, 0.2) is 11.0 Å². The van der Waals surface area contributed by atoms with Crippen LogP contribution in [0.3, 0.4) is 0 Å². The molecule has 4 nitrogen and oxygen atoms in total. The Bertz CT molecular complexity index is 422. The van der Waals surface area contributed by atoms with Crippen molar-refractivity contribution >= 4 is 0 Å². The van der Waals surface area contributed by atoms with E-state index in [1.165, 1.54) is 11.8 Å². The summed E-state index contributed by atoms with van der Waals surface area (Å²) in [5.41, 5.74) is 1.29. The van der Waals surface area contributed by atoms with E-state index in [9.17, 15) is 4.79 Å². The van der Waals surface area contributed by atoms with Crippen LogP contribution in [0, 0.1) is 11.8 Å². The highest BCUT2D eigenvalue weighted by Crippen LogP contribution is 2.06. The molecule has 1 heterocycles. The molecule has 0 saturated carbocycles. The van der Waals surface area contributed by atoms with Crippen molar-refractivity contribution in [3.05, 3.63) is 27.9 Å². The molecule has 0 fully saturated rings. The molecule has 0 aliphatic rings. The Kier molecular flexibility index (Phi) is 4.73. The fourth-order valence-electron chi connectivity index (χ4n) is 1.79. The van der Waals surface area contributed by atoms with Crippen LogP contribution in [-0.4, -0.2) is 16.8 Å². The topological polar surface area (TPSA) is 44.1 Å². The lowest BCUT2D eigenvalue weighted by Gasteiger charge is -2.14. The van der Waals surface area contributed by atoms with Crippen LogP contribution in [-0.2, 0) is 12.8 Å². The maximum absolute atomic E-state index is 12.1. The van der Waals surface area contributed by atoms with Gasteiger partial charge in [0, 0.05) is 0 Å². The monoisotopic (exact) mass is 238 g/mol. The predicted molar refractivity (Wildman–Crippen MR) is 68.1 cm³/mol. The lowest BCUT2D eigenvalue weighted by Crippen LogP contribution is -2.32. The zero-order valence-electron chi connectivity index (χ0n) is 11.4. The third kappa shape index (κ3) is 3.58. The van der Waals surface area contributed by atoms with E-state index >= 15 is 0 Å². The van der Waals surface area contributed by atoms with E-state index in [1.807, 2.05) is 0 Å². The predicted octanol–water partition coefficient (Wildman–Crippen LogP) is 1.70. The fraction of sp³-hybridized carbons (Fsp3) is 0.692. The van der Waals surface area contributed by atoms with E-state index < -0.39 is 0 Å². The van der Waals surface area contributed by atoms with Gasteiger partial charge in [-0.3, -0.25) is 9.78 Å². The summed E-state index contributed by atoms with van der Waals surface area (Å²) in [5, 5.41) is 0. The molecule has 4 heteroatoms. The molecule has 1 aromatic heterocycles. The number of hydrogen-bond donors (Lipinski definition) is 0. The smallest absolute Gasteiger partial charge is 0.304 e. The summed E-state index contributed by atoms with van der Waals surface area (Å²) in [6, 6.07) is 0. The van der Waals surface area contributed by atoms with Gasteiger partial charge in [0.05, 0.1) is 11.9 Å². The van der Waals surface area contributed by atoms with E-state index in [4.69, 9.17) is 4.84 Å². The SMILES string of the molecule is COn1c(CC(C)C)cnc(CC(C)C)c1=O. The zero-order valence-corrected chi connectivity index (χ0v) is 11.4. The summed E-state index contributed by atoms with van der Waals surface area (Å²) in [4.78, 5) is 21.5. The van der Waals surface area contributed by atoms with Crippen LogP contribution in [0.4, 0.5) is 0 Å². The van der Waals surface area contributed by atoms with Crippen molar-refractivity contribution in [1.29, 1.82) is 0 Å². The van der Waals surface area contributed by atoms with Crippen molar-refractivity contribution in [1.82, 2.24) is 9.71 Å². The second-order valence-corrected chi connectivity index (χ2v) is 5.17. The largest absolute Gasteiger partial charge is 0.414 e. The van der Waals surface area contributed by atoms with Crippen LogP contribution >= 0.6 is 0 Å². The zero-order chi connectivity index (χ0) is 13.0. The average Bonchev–Trinajstić information content (AvgIpc) is 2.21. The quantitative estimate of drug-likeness (QED) is 0.784. The Morgan fingerprint density at radius 3 is 2.29 bits per heavy atom. The molecule has 1 rings (SSSR count). The molecule has 0 bridgehead atoms. The highest BCUT2D eigenvalue weighted by molar-refractivity contribution is 5.06. The van der Waals surface area contributed by atoms with Gasteiger partial charge in [-0.25, -0.2) is 0 Å². The molecule has 0 unspecified atom stereocenters. The van der Waals surface area contributed by atoms with Crippen molar-refractivity contribution in [3.8, 4) is 0 Å². The maximum Gasteiger partial charge on any atom is 0.304 e. The van der Waals surface area contributed by atoms with Crippen LogP contribution in [0.2, 0.25) is 0 Å². The van der Waals surface area contributed by atoms with Gasteiger partial charge < -0.3 is 4.84 Å². The van der Waals surface area contributed by atoms with Crippen molar-refractivity contribution in [2.45, 2.75) is 40.5 Å². The van der Waals surface area contributed by atoms with Crippen molar-refractivity contribution in [2.24, 2.45) is 11.8 Å². The van der Waals surface area contributed by atoms with E-state index in [1.54, 1.807) is 6.20 Å². The summed E-state index contributed by atoms with van der Waals surface area (Å²) in [6.07, 6.45) is 3.23. The lowest BCUT2D eigenvalue weighted by molar-refractivity contribution is 0.144. The second kappa shape index (κ2) is 5.84. The molecule has 0 aliphatic carbocycles. The Hall–Kier alpha value is -1.32. The molecule has 0 atom stereocenters. The lowest BCUT2D eigenvalue weighted by atomic mass is 10.1. The Morgan fingerprint density at radius 1 is 1.24 bits per heavy atom. The Balaban J connectivity index is 3.13. The summed E-state index contributed by atoms with van der Waals surface area (Å²) in [5.74, 6) is 0.880. The normalized spacial score (nSPS) is 11.2. The first kappa shape index (κ1) is 13.7. The van der Waals surface area contributed by atoms with E-state index in [2.05, 4.69) is 32.7 Å². The van der Waals surface area contributed by atoms with E-state index in [0.29, 0.717) is 24.0 Å². The number of rotatable bonds is 5. The number of nitrogens with zero attached hydrogens (tertiary/aromatic N) is 2. The molecule has 0 spiro atoms. The van der Waals surface area contributed by atoms with Crippen molar-refractivity contribution in [3.63, 3.8) is 0 Å². The summed E-state index contributed by atoms with van der Waals surface area (Å²) in [7, 11) is 1.52. The first-order valence-corrected chi connectivity index (χ1v) is 6.10. The minimum Gasteiger partial charge on any atom is -0.414 e. The van der Waals surface area contributed by atoms with Crippen LogP contribution in [0.5, 0.6) is 0 Å². The van der Waals surface area contributed by atoms with Gasteiger partial charge in [-0.2, -0.15) is 0 Å². The van der Waals surface area contributed by atoms with E-state index in [0.717, 1.165) is 12.1 Å². The highest BCUT2D eigenvalue weighted by atomic mass is 16.6. The standard InChI is InChI=1S/C13H22N2O2/c1-9(2)6-11-8-14-12(7-10(3)4)13(16)15(11)17-5/h8-10H,6-7H2,1-5H3. The first-order chi connectivity index (χ1) is 7.95. The summed E-state index contributed by atoms with van der Waals surface area (Å²) >= 11 is 0. The van der Waals surface area contributed by atoms with Crippen LogP contribution in [0.1, 0.15) is 39.1 Å².